The maximum absolute atomic E-state index is 12.1. The molecular formula is C33H50O5. The summed E-state index contributed by atoms with van der Waals surface area (Å²) in [5.74, 6) is 0.820. The van der Waals surface area contributed by atoms with Crippen LogP contribution in [0.1, 0.15) is 89.7 Å². The van der Waals surface area contributed by atoms with E-state index in [1.54, 1.807) is 6.92 Å². The van der Waals surface area contributed by atoms with E-state index >= 15 is 0 Å². The number of rotatable bonds is 17. The van der Waals surface area contributed by atoms with Crippen LogP contribution in [0.4, 0.5) is 0 Å². The molecule has 5 heteroatoms. The Balaban J connectivity index is 1.93. The second-order valence-electron chi connectivity index (χ2n) is 11.1. The van der Waals surface area contributed by atoms with E-state index in [1.807, 2.05) is 0 Å². The van der Waals surface area contributed by atoms with Crippen molar-refractivity contribution in [3.05, 3.63) is 59.7 Å². The van der Waals surface area contributed by atoms with Crippen LogP contribution in [0.3, 0.4) is 0 Å². The Kier molecular flexibility index (Phi) is 14.4. The predicted molar refractivity (Wildman–Crippen MR) is 154 cm³/mol. The number of carbonyl (C=O) groups excluding carboxylic acids is 2. The number of carbonyl (C=O) groups is 2. The number of aryl methyl sites for hydroxylation is 2. The highest BCUT2D eigenvalue weighted by Gasteiger charge is 2.35. The van der Waals surface area contributed by atoms with Crippen LogP contribution in [0, 0.1) is 23.7 Å². The smallest absolute Gasteiger partial charge is 0.335 e. The molecule has 0 amide bonds. The summed E-state index contributed by atoms with van der Waals surface area (Å²) in [5, 5.41) is 9.11. The van der Waals surface area contributed by atoms with E-state index < -0.39 is 12.6 Å². The third-order valence-electron chi connectivity index (χ3n) is 8.19. The van der Waals surface area contributed by atoms with Gasteiger partial charge in [0.05, 0.1) is 25.4 Å². The minimum Gasteiger partial charge on any atom is -0.462 e. The molecule has 0 heterocycles. The Labute approximate surface area is 230 Å². The van der Waals surface area contributed by atoms with E-state index in [9.17, 15) is 9.59 Å². The number of aliphatic hydroxyl groups is 1. The standard InChI is InChI=1S/C33H50O5/c1-6-8-9-10-26-11-13-27(14-12-26)15-16-28-17-18-31(29(7-2)21-28)30(23-38-32(35)24(3)4)19-20-37-33(36)25(5)22-34/h11-14,28-31,34H,3,5-10,15-23H2,1-2,4H3. The Bertz CT molecular complexity index is 887. The van der Waals surface area contributed by atoms with Crippen LogP contribution in [0.25, 0.3) is 0 Å². The molecule has 1 aromatic rings. The molecule has 0 aliphatic heterocycles. The molecule has 1 fully saturated rings. The zero-order valence-corrected chi connectivity index (χ0v) is 24.0. The predicted octanol–water partition coefficient (Wildman–Crippen LogP) is 7.01. The average molecular weight is 527 g/mol. The van der Waals surface area contributed by atoms with Crippen molar-refractivity contribution in [3.8, 4) is 0 Å². The lowest BCUT2D eigenvalue weighted by Gasteiger charge is -2.40. The van der Waals surface area contributed by atoms with Gasteiger partial charge >= 0.3 is 11.9 Å². The maximum Gasteiger partial charge on any atom is 0.335 e. The lowest BCUT2D eigenvalue weighted by atomic mass is 9.66. The van der Waals surface area contributed by atoms with E-state index in [4.69, 9.17) is 14.6 Å². The normalized spacial score (nSPS) is 19.9. The number of hydrogen-bond donors (Lipinski definition) is 1. The topological polar surface area (TPSA) is 72.8 Å². The summed E-state index contributed by atoms with van der Waals surface area (Å²) < 4.78 is 10.9. The molecular weight excluding hydrogens is 476 g/mol. The van der Waals surface area contributed by atoms with Gasteiger partial charge in [-0.3, -0.25) is 0 Å². The quantitative estimate of drug-likeness (QED) is 0.134. The molecule has 5 nitrogen and oxygen atoms in total. The highest BCUT2D eigenvalue weighted by atomic mass is 16.5. The van der Waals surface area contributed by atoms with Crippen LogP contribution >= 0.6 is 0 Å². The van der Waals surface area contributed by atoms with Crippen LogP contribution < -0.4 is 0 Å². The van der Waals surface area contributed by atoms with Gasteiger partial charge in [-0.15, -0.1) is 0 Å². The van der Waals surface area contributed by atoms with Gasteiger partial charge in [0.1, 0.15) is 0 Å². The SMILES string of the molecule is C=C(C)C(=O)OCC(CCOC(=O)C(=C)CO)C1CCC(CCc2ccc(CCCCC)cc2)CC1CC. The summed E-state index contributed by atoms with van der Waals surface area (Å²) >= 11 is 0. The number of unbranched alkanes of at least 4 members (excludes halogenated alkanes) is 2. The van der Waals surface area contributed by atoms with Crippen molar-refractivity contribution in [2.75, 3.05) is 19.8 Å². The van der Waals surface area contributed by atoms with Crippen molar-refractivity contribution < 1.29 is 24.2 Å². The maximum atomic E-state index is 12.1. The molecule has 2 rings (SSSR count). The summed E-state index contributed by atoms with van der Waals surface area (Å²) in [5.41, 5.74) is 3.31. The zero-order valence-electron chi connectivity index (χ0n) is 24.0. The number of aliphatic hydroxyl groups excluding tert-OH is 1. The van der Waals surface area contributed by atoms with Gasteiger partial charge in [-0.25, -0.2) is 9.59 Å². The largest absolute Gasteiger partial charge is 0.462 e. The number of hydrogen-bond acceptors (Lipinski definition) is 5. The van der Waals surface area contributed by atoms with Gasteiger partial charge in [0, 0.05) is 5.57 Å². The van der Waals surface area contributed by atoms with E-state index in [0.29, 0.717) is 36.4 Å². The summed E-state index contributed by atoms with van der Waals surface area (Å²) in [7, 11) is 0. The monoisotopic (exact) mass is 526 g/mol. The highest BCUT2D eigenvalue weighted by Crippen LogP contribution is 2.42. The molecule has 0 radical (unpaired) electrons. The Morgan fingerprint density at radius 1 is 1.00 bits per heavy atom. The first-order valence-corrected chi connectivity index (χ1v) is 14.6. The van der Waals surface area contributed by atoms with Crippen LogP contribution in [-0.2, 0) is 31.9 Å². The third-order valence-corrected chi connectivity index (χ3v) is 8.19. The molecule has 38 heavy (non-hydrogen) atoms. The molecule has 0 spiro atoms. The summed E-state index contributed by atoms with van der Waals surface area (Å²) in [4.78, 5) is 24.0. The molecule has 0 bridgehead atoms. The molecule has 1 aliphatic carbocycles. The van der Waals surface area contributed by atoms with Crippen molar-refractivity contribution in [2.24, 2.45) is 23.7 Å². The molecule has 1 saturated carbocycles. The molecule has 0 aromatic heterocycles. The number of benzene rings is 1. The molecule has 4 unspecified atom stereocenters. The Morgan fingerprint density at radius 2 is 1.68 bits per heavy atom. The first-order chi connectivity index (χ1) is 18.3. The van der Waals surface area contributed by atoms with Crippen LogP contribution in [-0.4, -0.2) is 36.9 Å². The van der Waals surface area contributed by atoms with Gasteiger partial charge in [0.15, 0.2) is 0 Å². The third kappa shape index (κ3) is 10.8. The molecule has 1 N–H and O–H groups in total. The molecule has 4 atom stereocenters. The van der Waals surface area contributed by atoms with Gasteiger partial charge in [-0.1, -0.05) is 77.0 Å². The lowest BCUT2D eigenvalue weighted by molar-refractivity contribution is -0.144. The second kappa shape index (κ2) is 17.2. The fourth-order valence-electron chi connectivity index (χ4n) is 5.76. The molecule has 0 saturated heterocycles. The fourth-order valence-corrected chi connectivity index (χ4v) is 5.76. The molecule has 1 aliphatic rings. The molecule has 1 aromatic carbocycles. The zero-order chi connectivity index (χ0) is 27.9. The van der Waals surface area contributed by atoms with E-state index in [1.165, 1.54) is 56.1 Å². The van der Waals surface area contributed by atoms with Crippen LogP contribution in [0.15, 0.2) is 48.6 Å². The van der Waals surface area contributed by atoms with Crippen molar-refractivity contribution in [3.63, 3.8) is 0 Å². The fraction of sp³-hybridized carbons (Fsp3) is 0.636. The van der Waals surface area contributed by atoms with Gasteiger partial charge < -0.3 is 14.6 Å². The lowest BCUT2D eigenvalue weighted by Crippen LogP contribution is -2.34. The van der Waals surface area contributed by atoms with Gasteiger partial charge in [-0.05, 0) is 86.7 Å². The van der Waals surface area contributed by atoms with Gasteiger partial charge in [0.25, 0.3) is 0 Å². The Hall–Kier alpha value is -2.40. The van der Waals surface area contributed by atoms with Crippen LogP contribution in [0.2, 0.25) is 0 Å². The van der Waals surface area contributed by atoms with Crippen molar-refractivity contribution in [1.82, 2.24) is 0 Å². The summed E-state index contributed by atoms with van der Waals surface area (Å²) in [6.45, 7) is 13.5. The summed E-state index contributed by atoms with van der Waals surface area (Å²) in [6, 6.07) is 9.22. The van der Waals surface area contributed by atoms with Crippen LogP contribution in [0.5, 0.6) is 0 Å². The van der Waals surface area contributed by atoms with Gasteiger partial charge in [-0.2, -0.15) is 0 Å². The molecule has 212 valence electrons. The van der Waals surface area contributed by atoms with Gasteiger partial charge in [0.2, 0.25) is 0 Å². The first kappa shape index (κ1) is 31.8. The van der Waals surface area contributed by atoms with Crippen molar-refractivity contribution >= 4 is 11.9 Å². The van der Waals surface area contributed by atoms with E-state index in [0.717, 1.165) is 19.3 Å². The second-order valence-corrected chi connectivity index (χ2v) is 11.1. The van der Waals surface area contributed by atoms with E-state index in [2.05, 4.69) is 51.3 Å². The minimum atomic E-state index is -0.574. The Morgan fingerprint density at radius 3 is 2.29 bits per heavy atom. The highest BCUT2D eigenvalue weighted by molar-refractivity contribution is 5.88. The number of esters is 2. The van der Waals surface area contributed by atoms with Crippen molar-refractivity contribution in [1.29, 1.82) is 0 Å². The van der Waals surface area contributed by atoms with Crippen molar-refractivity contribution in [2.45, 2.75) is 91.4 Å². The minimum absolute atomic E-state index is 0.0494. The first-order valence-electron chi connectivity index (χ1n) is 14.6. The number of ether oxygens (including phenoxy) is 2. The van der Waals surface area contributed by atoms with E-state index in [-0.39, 0.29) is 24.1 Å². The average Bonchev–Trinajstić information content (AvgIpc) is 2.93. The summed E-state index contributed by atoms with van der Waals surface area (Å²) in [6.07, 6.45) is 12.5.